The van der Waals surface area contributed by atoms with E-state index in [-0.39, 0.29) is 12.6 Å². The molecule has 1 aromatic carbocycles. The van der Waals surface area contributed by atoms with Crippen LogP contribution in [0.25, 0.3) is 0 Å². The van der Waals surface area contributed by atoms with E-state index >= 15 is 0 Å². The van der Waals surface area contributed by atoms with Gasteiger partial charge in [-0.1, -0.05) is 0 Å². The summed E-state index contributed by atoms with van der Waals surface area (Å²) in [7, 11) is 0. The third kappa shape index (κ3) is 4.03. The van der Waals surface area contributed by atoms with Crippen LogP contribution in [0, 0.1) is 0 Å². The van der Waals surface area contributed by atoms with Crippen molar-refractivity contribution in [1.29, 1.82) is 0 Å². The molecule has 0 radical (unpaired) electrons. The first-order valence-electron chi connectivity index (χ1n) is 7.82. The van der Waals surface area contributed by atoms with Crippen LogP contribution >= 0.6 is 11.3 Å². The molecule has 1 aliphatic heterocycles. The quantitative estimate of drug-likeness (QED) is 0.738. The van der Waals surface area contributed by atoms with Crippen molar-refractivity contribution in [1.82, 2.24) is 5.32 Å². The highest BCUT2D eigenvalue weighted by Gasteiger charge is 2.17. The Morgan fingerprint density at radius 3 is 2.87 bits per heavy atom. The van der Waals surface area contributed by atoms with E-state index < -0.39 is 0 Å². The minimum absolute atomic E-state index is 0.0800. The summed E-state index contributed by atoms with van der Waals surface area (Å²) in [4.78, 5) is 15.5. The number of nitrogens with one attached hydrogen (secondary N) is 2. The van der Waals surface area contributed by atoms with Crippen LogP contribution in [0.15, 0.2) is 35.7 Å². The minimum atomic E-state index is -0.243. The molecule has 0 fully saturated rings. The van der Waals surface area contributed by atoms with Crippen molar-refractivity contribution in [3.8, 4) is 0 Å². The van der Waals surface area contributed by atoms with Gasteiger partial charge in [0.1, 0.15) is 0 Å². The van der Waals surface area contributed by atoms with Gasteiger partial charge in [0.15, 0.2) is 0 Å². The highest BCUT2D eigenvalue weighted by atomic mass is 32.1. The number of hydrogen-bond donors (Lipinski definition) is 3. The molecular weight excluding hydrogens is 310 g/mol. The maximum Gasteiger partial charge on any atom is 0.319 e. The summed E-state index contributed by atoms with van der Waals surface area (Å²) in [6, 6.07) is 9.89. The van der Waals surface area contributed by atoms with Gasteiger partial charge in [-0.15, -0.1) is 11.3 Å². The Bertz CT molecular complexity index is 654. The van der Waals surface area contributed by atoms with Gasteiger partial charge in [0, 0.05) is 42.5 Å². The lowest BCUT2D eigenvalue weighted by molar-refractivity contribution is 0.249. The van der Waals surface area contributed by atoms with E-state index in [1.54, 1.807) is 0 Å². The van der Waals surface area contributed by atoms with Crippen LogP contribution < -0.4 is 15.5 Å². The first-order chi connectivity index (χ1) is 11.3. The summed E-state index contributed by atoms with van der Waals surface area (Å²) < 4.78 is 0. The molecule has 0 bridgehead atoms. The topological polar surface area (TPSA) is 64.6 Å². The summed E-state index contributed by atoms with van der Waals surface area (Å²) in [6.07, 6.45) is 1.66. The second-order valence-electron chi connectivity index (χ2n) is 5.55. The zero-order valence-electron chi connectivity index (χ0n) is 12.9. The van der Waals surface area contributed by atoms with E-state index in [0.29, 0.717) is 13.0 Å². The van der Waals surface area contributed by atoms with Crippen LogP contribution in [0.5, 0.6) is 0 Å². The number of carbonyl (C=O) groups excluding carboxylic acids is 1. The molecule has 23 heavy (non-hydrogen) atoms. The molecule has 0 saturated heterocycles. The van der Waals surface area contributed by atoms with E-state index in [1.165, 1.54) is 16.1 Å². The van der Waals surface area contributed by atoms with Crippen molar-refractivity contribution < 1.29 is 9.90 Å². The number of anilines is 2. The molecule has 2 amide bonds. The fourth-order valence-corrected chi connectivity index (χ4v) is 3.57. The standard InChI is InChI=1S/C17H21N3O2S/c21-10-1-8-18-17(22)19-14-2-4-15(5-3-14)20-9-6-16-13(12-20)7-11-23-16/h2-5,7,11,21H,1,6,8-10,12H2,(H2,18,19,22). The normalized spacial score (nSPS) is 13.5. The number of aliphatic hydroxyl groups excluding tert-OH is 1. The second-order valence-corrected chi connectivity index (χ2v) is 6.55. The molecule has 3 rings (SSSR count). The predicted octanol–water partition coefficient (Wildman–Crippen LogP) is 2.81. The van der Waals surface area contributed by atoms with Gasteiger partial charge in [-0.25, -0.2) is 4.79 Å². The van der Waals surface area contributed by atoms with Crippen LogP contribution in [0.1, 0.15) is 16.9 Å². The van der Waals surface area contributed by atoms with Crippen molar-refractivity contribution in [2.45, 2.75) is 19.4 Å². The molecule has 2 heterocycles. The molecule has 0 unspecified atom stereocenters. The largest absolute Gasteiger partial charge is 0.396 e. The molecule has 1 aromatic heterocycles. The van der Waals surface area contributed by atoms with Gasteiger partial charge in [0.05, 0.1) is 0 Å². The molecule has 3 N–H and O–H groups in total. The summed E-state index contributed by atoms with van der Waals surface area (Å²) in [5, 5.41) is 16.4. The van der Waals surface area contributed by atoms with Crippen molar-refractivity contribution >= 4 is 28.7 Å². The summed E-state index contributed by atoms with van der Waals surface area (Å²) >= 11 is 1.84. The van der Waals surface area contributed by atoms with Gasteiger partial charge in [0.25, 0.3) is 0 Å². The molecule has 6 heteroatoms. The van der Waals surface area contributed by atoms with Crippen molar-refractivity contribution in [3.05, 3.63) is 46.2 Å². The predicted molar refractivity (Wildman–Crippen MR) is 94.2 cm³/mol. The number of thiophene rings is 1. The fourth-order valence-electron chi connectivity index (χ4n) is 2.68. The number of urea groups is 1. The van der Waals surface area contributed by atoms with E-state index in [0.717, 1.165) is 25.2 Å². The molecular formula is C17H21N3O2S. The minimum Gasteiger partial charge on any atom is -0.396 e. The van der Waals surface area contributed by atoms with E-state index in [1.807, 2.05) is 35.6 Å². The molecule has 1 aliphatic rings. The number of fused-ring (bicyclic) bond motifs is 1. The maximum absolute atomic E-state index is 11.7. The third-order valence-corrected chi connectivity index (χ3v) is 4.94. The first kappa shape index (κ1) is 15.8. The van der Waals surface area contributed by atoms with Crippen molar-refractivity contribution in [3.63, 3.8) is 0 Å². The number of hydrogen-bond acceptors (Lipinski definition) is 4. The number of rotatable bonds is 5. The second kappa shape index (κ2) is 7.48. The van der Waals surface area contributed by atoms with Crippen molar-refractivity contribution in [2.75, 3.05) is 29.9 Å². The van der Waals surface area contributed by atoms with E-state index in [4.69, 9.17) is 5.11 Å². The Labute approximate surface area is 139 Å². The highest BCUT2D eigenvalue weighted by Crippen LogP contribution is 2.28. The Kier molecular flexibility index (Phi) is 5.15. The number of nitrogens with zero attached hydrogens (tertiary/aromatic N) is 1. The Morgan fingerprint density at radius 2 is 2.09 bits per heavy atom. The Hall–Kier alpha value is -2.05. The molecule has 122 valence electrons. The third-order valence-electron chi connectivity index (χ3n) is 3.92. The Balaban J connectivity index is 1.56. The number of benzene rings is 1. The monoisotopic (exact) mass is 331 g/mol. The molecule has 0 spiro atoms. The lowest BCUT2D eigenvalue weighted by Crippen LogP contribution is -2.30. The highest BCUT2D eigenvalue weighted by molar-refractivity contribution is 7.10. The summed E-state index contributed by atoms with van der Waals surface area (Å²) in [6.45, 7) is 2.53. The van der Waals surface area contributed by atoms with Gasteiger partial charge in [-0.2, -0.15) is 0 Å². The van der Waals surface area contributed by atoms with Gasteiger partial charge in [-0.3, -0.25) is 0 Å². The first-order valence-corrected chi connectivity index (χ1v) is 8.70. The lowest BCUT2D eigenvalue weighted by Gasteiger charge is -2.29. The van der Waals surface area contributed by atoms with Crippen LogP contribution in [0.4, 0.5) is 16.2 Å². The van der Waals surface area contributed by atoms with Gasteiger partial charge in [0.2, 0.25) is 0 Å². The molecule has 2 aromatic rings. The van der Waals surface area contributed by atoms with Gasteiger partial charge in [-0.05, 0) is 54.1 Å². The zero-order valence-corrected chi connectivity index (χ0v) is 13.7. The van der Waals surface area contributed by atoms with Crippen LogP contribution in [-0.2, 0) is 13.0 Å². The smallest absolute Gasteiger partial charge is 0.319 e. The van der Waals surface area contributed by atoms with Crippen LogP contribution in [0.3, 0.4) is 0 Å². The van der Waals surface area contributed by atoms with Crippen LogP contribution in [-0.4, -0.2) is 30.8 Å². The average molecular weight is 331 g/mol. The molecule has 5 nitrogen and oxygen atoms in total. The molecule has 0 atom stereocenters. The SMILES string of the molecule is O=C(NCCCO)Nc1ccc(N2CCc3sccc3C2)cc1. The molecule has 0 saturated carbocycles. The zero-order chi connectivity index (χ0) is 16.1. The molecule has 0 aliphatic carbocycles. The van der Waals surface area contributed by atoms with Crippen LogP contribution in [0.2, 0.25) is 0 Å². The number of aliphatic hydroxyl groups is 1. The summed E-state index contributed by atoms with van der Waals surface area (Å²) in [5.74, 6) is 0. The van der Waals surface area contributed by atoms with Gasteiger partial charge >= 0.3 is 6.03 Å². The maximum atomic E-state index is 11.7. The summed E-state index contributed by atoms with van der Waals surface area (Å²) in [5.41, 5.74) is 3.36. The number of carbonyl (C=O) groups is 1. The van der Waals surface area contributed by atoms with E-state index in [9.17, 15) is 4.79 Å². The average Bonchev–Trinajstić information content (AvgIpc) is 3.03. The van der Waals surface area contributed by atoms with Gasteiger partial charge < -0.3 is 20.6 Å². The Morgan fingerprint density at radius 1 is 1.26 bits per heavy atom. The fraction of sp³-hybridized carbons (Fsp3) is 0.353. The van der Waals surface area contributed by atoms with E-state index in [2.05, 4.69) is 27.0 Å². The lowest BCUT2D eigenvalue weighted by atomic mass is 10.1. The number of amides is 2. The van der Waals surface area contributed by atoms with Crippen molar-refractivity contribution in [2.24, 2.45) is 0 Å².